The maximum Gasteiger partial charge on any atom is 0.340 e. The molecule has 2 aromatic carbocycles. The van der Waals surface area contributed by atoms with Crippen molar-refractivity contribution in [2.45, 2.75) is 31.4 Å². The number of esters is 1. The molecule has 0 bridgehead atoms. The summed E-state index contributed by atoms with van der Waals surface area (Å²) in [6.45, 7) is 3.69. The number of para-hydroxylation sites is 1. The number of amides is 2. The second kappa shape index (κ2) is 11.2. The second-order valence-corrected chi connectivity index (χ2v) is 8.01. The van der Waals surface area contributed by atoms with Gasteiger partial charge in [-0.3, -0.25) is 9.59 Å². The molecule has 1 heterocycles. The fourth-order valence-corrected chi connectivity index (χ4v) is 3.65. The molecule has 166 valence electrons. The van der Waals surface area contributed by atoms with E-state index in [1.54, 1.807) is 48.7 Å². The summed E-state index contributed by atoms with van der Waals surface area (Å²) in [5.74, 6) is -0.466. The first-order valence-corrected chi connectivity index (χ1v) is 11.0. The van der Waals surface area contributed by atoms with E-state index < -0.39 is 18.0 Å². The fraction of sp³-hybridized carbons (Fsp3) is 0.208. The van der Waals surface area contributed by atoms with Crippen LogP contribution in [0.5, 0.6) is 0 Å². The molecule has 2 amide bonds. The second-order valence-electron chi connectivity index (χ2n) is 6.99. The van der Waals surface area contributed by atoms with Gasteiger partial charge in [-0.05, 0) is 49.7 Å². The number of furan rings is 1. The van der Waals surface area contributed by atoms with E-state index in [2.05, 4.69) is 10.6 Å². The van der Waals surface area contributed by atoms with Crippen LogP contribution in [0.25, 0.3) is 0 Å². The number of rotatable bonds is 9. The van der Waals surface area contributed by atoms with Gasteiger partial charge < -0.3 is 19.8 Å². The van der Waals surface area contributed by atoms with E-state index in [0.29, 0.717) is 28.5 Å². The van der Waals surface area contributed by atoms with Crippen molar-refractivity contribution in [1.82, 2.24) is 5.32 Å². The first-order chi connectivity index (χ1) is 15.4. The van der Waals surface area contributed by atoms with Crippen LogP contribution in [0.2, 0.25) is 0 Å². The third kappa shape index (κ3) is 6.49. The molecule has 1 atom stereocenters. The van der Waals surface area contributed by atoms with Crippen molar-refractivity contribution in [1.29, 1.82) is 0 Å². The van der Waals surface area contributed by atoms with Gasteiger partial charge >= 0.3 is 5.97 Å². The van der Waals surface area contributed by atoms with Crippen molar-refractivity contribution in [3.63, 3.8) is 0 Å². The summed E-state index contributed by atoms with van der Waals surface area (Å²) >= 11 is 1.22. The van der Waals surface area contributed by atoms with Gasteiger partial charge in [-0.2, -0.15) is 0 Å². The largest absolute Gasteiger partial charge is 0.467 e. The summed E-state index contributed by atoms with van der Waals surface area (Å²) in [5.41, 5.74) is 1.87. The Balaban J connectivity index is 1.55. The van der Waals surface area contributed by atoms with Crippen LogP contribution in [0.15, 0.2) is 76.2 Å². The van der Waals surface area contributed by atoms with E-state index in [9.17, 15) is 14.4 Å². The third-order valence-corrected chi connectivity index (χ3v) is 5.64. The highest BCUT2D eigenvalue weighted by Gasteiger charge is 2.21. The van der Waals surface area contributed by atoms with Crippen LogP contribution in [-0.2, 0) is 20.9 Å². The van der Waals surface area contributed by atoms with Gasteiger partial charge in [0.05, 0.1) is 24.1 Å². The fourth-order valence-electron chi connectivity index (χ4n) is 2.78. The molecule has 0 aliphatic rings. The summed E-state index contributed by atoms with van der Waals surface area (Å²) in [4.78, 5) is 37.9. The van der Waals surface area contributed by atoms with Crippen LogP contribution < -0.4 is 10.6 Å². The zero-order valence-corrected chi connectivity index (χ0v) is 18.6. The number of thioether (sulfide) groups is 1. The molecule has 0 fully saturated rings. The minimum absolute atomic E-state index is 0.119. The van der Waals surface area contributed by atoms with E-state index in [4.69, 9.17) is 9.15 Å². The number of hydrogen-bond donors (Lipinski definition) is 2. The van der Waals surface area contributed by atoms with Crippen LogP contribution in [0.1, 0.15) is 28.6 Å². The highest BCUT2D eigenvalue weighted by molar-refractivity contribution is 8.00. The average molecular weight is 453 g/mol. The lowest BCUT2D eigenvalue weighted by molar-refractivity contribution is -0.123. The quantitative estimate of drug-likeness (QED) is 0.373. The van der Waals surface area contributed by atoms with Crippen molar-refractivity contribution < 1.29 is 23.5 Å². The average Bonchev–Trinajstić information content (AvgIpc) is 3.31. The summed E-state index contributed by atoms with van der Waals surface area (Å²) in [5, 5.41) is 5.52. The molecular weight excluding hydrogens is 428 g/mol. The van der Waals surface area contributed by atoms with Crippen molar-refractivity contribution in [3.05, 3.63) is 83.8 Å². The summed E-state index contributed by atoms with van der Waals surface area (Å²) in [6.07, 6.45) is 0.553. The monoisotopic (exact) mass is 452 g/mol. The molecule has 3 aromatic rings. The molecule has 7 nitrogen and oxygen atoms in total. The van der Waals surface area contributed by atoms with Crippen molar-refractivity contribution >= 4 is 35.2 Å². The van der Waals surface area contributed by atoms with Gasteiger partial charge in [-0.25, -0.2) is 4.79 Å². The minimum atomic E-state index is -0.989. The van der Waals surface area contributed by atoms with Crippen LogP contribution in [0.4, 0.5) is 5.69 Å². The van der Waals surface area contributed by atoms with Gasteiger partial charge in [0.2, 0.25) is 5.91 Å². The summed E-state index contributed by atoms with van der Waals surface area (Å²) in [7, 11) is 0. The minimum Gasteiger partial charge on any atom is -0.467 e. The zero-order chi connectivity index (χ0) is 22.9. The molecule has 0 radical (unpaired) electrons. The Kier molecular flexibility index (Phi) is 8.10. The van der Waals surface area contributed by atoms with Crippen LogP contribution in [0, 0.1) is 6.92 Å². The van der Waals surface area contributed by atoms with Gasteiger partial charge in [-0.1, -0.05) is 30.3 Å². The van der Waals surface area contributed by atoms with E-state index in [0.717, 1.165) is 5.56 Å². The summed E-state index contributed by atoms with van der Waals surface area (Å²) in [6, 6.07) is 17.7. The smallest absolute Gasteiger partial charge is 0.340 e. The van der Waals surface area contributed by atoms with Crippen molar-refractivity contribution in [2.75, 3.05) is 11.1 Å². The number of anilines is 1. The Labute approximate surface area is 190 Å². The molecule has 3 rings (SSSR count). The molecule has 32 heavy (non-hydrogen) atoms. The van der Waals surface area contributed by atoms with Crippen molar-refractivity contribution in [3.8, 4) is 0 Å². The lowest BCUT2D eigenvalue weighted by atomic mass is 10.2. The Hall–Kier alpha value is -3.52. The Morgan fingerprint density at radius 2 is 1.78 bits per heavy atom. The number of carbonyl (C=O) groups is 3. The maximum atomic E-state index is 12.7. The normalized spacial score (nSPS) is 11.4. The first-order valence-electron chi connectivity index (χ1n) is 10.0. The Morgan fingerprint density at radius 3 is 2.53 bits per heavy atom. The van der Waals surface area contributed by atoms with Gasteiger partial charge in [0.25, 0.3) is 5.91 Å². The molecule has 1 unspecified atom stereocenters. The number of benzene rings is 2. The molecule has 8 heteroatoms. The van der Waals surface area contributed by atoms with E-state index in [-0.39, 0.29) is 11.7 Å². The molecule has 0 saturated heterocycles. The van der Waals surface area contributed by atoms with Gasteiger partial charge in [0.1, 0.15) is 5.76 Å². The SMILES string of the molecule is Cc1ccccc1NC(=O)C(C)OC(=O)c1ccccc1SCC(=O)NCc1ccco1. The maximum absolute atomic E-state index is 12.7. The third-order valence-electron chi connectivity index (χ3n) is 4.56. The standard InChI is InChI=1S/C24H24N2O5S/c1-16-8-3-5-11-20(16)26-23(28)17(2)31-24(29)19-10-4-6-12-21(19)32-15-22(27)25-14-18-9-7-13-30-18/h3-13,17H,14-15H2,1-2H3,(H,25,27)(H,26,28). The highest BCUT2D eigenvalue weighted by Crippen LogP contribution is 2.24. The van der Waals surface area contributed by atoms with Crippen LogP contribution in [0.3, 0.4) is 0 Å². The number of nitrogens with one attached hydrogen (secondary N) is 2. The predicted octanol–water partition coefficient (Wildman–Crippen LogP) is 4.18. The topological polar surface area (TPSA) is 97.6 Å². The van der Waals surface area contributed by atoms with Gasteiger partial charge in [0, 0.05) is 10.6 Å². The molecule has 2 N–H and O–H groups in total. The molecule has 0 saturated carbocycles. The molecule has 0 aliphatic heterocycles. The Bertz CT molecular complexity index is 1080. The van der Waals surface area contributed by atoms with Crippen molar-refractivity contribution in [2.24, 2.45) is 0 Å². The predicted molar refractivity (Wildman–Crippen MR) is 122 cm³/mol. The first kappa shape index (κ1) is 23.1. The van der Waals surface area contributed by atoms with E-state index in [1.807, 2.05) is 25.1 Å². The lowest BCUT2D eigenvalue weighted by Gasteiger charge is -2.16. The van der Waals surface area contributed by atoms with E-state index in [1.165, 1.54) is 18.7 Å². The van der Waals surface area contributed by atoms with Crippen LogP contribution >= 0.6 is 11.8 Å². The molecule has 0 aliphatic carbocycles. The lowest BCUT2D eigenvalue weighted by Crippen LogP contribution is -2.30. The summed E-state index contributed by atoms with van der Waals surface area (Å²) < 4.78 is 10.6. The van der Waals surface area contributed by atoms with Gasteiger partial charge in [-0.15, -0.1) is 11.8 Å². The number of ether oxygens (including phenoxy) is 1. The van der Waals surface area contributed by atoms with Crippen LogP contribution in [-0.4, -0.2) is 29.6 Å². The van der Waals surface area contributed by atoms with Gasteiger partial charge in [0.15, 0.2) is 6.10 Å². The number of carbonyl (C=O) groups excluding carboxylic acids is 3. The number of hydrogen-bond acceptors (Lipinski definition) is 6. The molecular formula is C24H24N2O5S. The zero-order valence-electron chi connectivity index (χ0n) is 17.8. The highest BCUT2D eigenvalue weighted by atomic mass is 32.2. The molecule has 0 spiro atoms. The molecule has 1 aromatic heterocycles. The number of aryl methyl sites for hydroxylation is 1. The van der Waals surface area contributed by atoms with E-state index >= 15 is 0 Å². The Morgan fingerprint density at radius 1 is 1.03 bits per heavy atom.